The highest BCUT2D eigenvalue weighted by Gasteiger charge is 2.48. The average Bonchev–Trinajstić information content (AvgIpc) is 3.58. The van der Waals surface area contributed by atoms with Crippen LogP contribution in [0.4, 0.5) is 0 Å². The zero-order valence-electron chi connectivity index (χ0n) is 37.1. The van der Waals surface area contributed by atoms with Gasteiger partial charge >= 0.3 is 0 Å². The number of hydrogen-bond donors (Lipinski definition) is 0. The largest absolute Gasteiger partial charge is 0.0840 e. The first kappa shape index (κ1) is 44.2. The molecule has 6 aromatic rings. The van der Waals surface area contributed by atoms with Crippen molar-refractivity contribution < 1.29 is 0 Å². The van der Waals surface area contributed by atoms with Gasteiger partial charge in [0.05, 0.1) is 0 Å². The Morgan fingerprint density at radius 1 is 0.508 bits per heavy atom. The summed E-state index contributed by atoms with van der Waals surface area (Å²) in [5, 5.41) is 0.875. The fraction of sp³-hybridized carbons (Fsp3) is 0.379. The van der Waals surface area contributed by atoms with Gasteiger partial charge in [-0.3, -0.25) is 0 Å². The third-order valence-electron chi connectivity index (χ3n) is 13.2. The molecule has 0 N–H and O–H groups in total. The molecule has 0 amide bonds. The van der Waals surface area contributed by atoms with E-state index in [-0.39, 0.29) is 5.41 Å². The maximum atomic E-state index is 5.82. The van der Waals surface area contributed by atoms with Crippen molar-refractivity contribution in [3.8, 4) is 22.3 Å². The van der Waals surface area contributed by atoms with Crippen molar-refractivity contribution in [1.29, 1.82) is 0 Å². The van der Waals surface area contributed by atoms with Gasteiger partial charge in [-0.15, -0.1) is 0 Å². The molecule has 5 aliphatic carbocycles. The third-order valence-corrected chi connectivity index (χ3v) is 13.5. The van der Waals surface area contributed by atoms with Crippen LogP contribution in [0.1, 0.15) is 127 Å². The predicted molar refractivity (Wildman–Crippen MR) is 258 cm³/mol. The summed E-state index contributed by atoms with van der Waals surface area (Å²) < 4.78 is 0. The Kier molecular flexibility index (Phi) is 15.5. The third kappa shape index (κ3) is 11.9. The van der Waals surface area contributed by atoms with E-state index in [0.717, 1.165) is 41.0 Å². The van der Waals surface area contributed by atoms with Gasteiger partial charge < -0.3 is 0 Å². The summed E-state index contributed by atoms with van der Waals surface area (Å²) in [5.41, 5.74) is 13.5. The van der Waals surface area contributed by atoms with Gasteiger partial charge in [0, 0.05) is 10.9 Å². The van der Waals surface area contributed by atoms with Crippen molar-refractivity contribution in [3.63, 3.8) is 0 Å². The van der Waals surface area contributed by atoms with Crippen LogP contribution in [0.25, 0.3) is 22.3 Å². The summed E-state index contributed by atoms with van der Waals surface area (Å²) in [6.07, 6.45) is 12.8. The zero-order valence-corrected chi connectivity index (χ0v) is 37.8. The maximum absolute atomic E-state index is 5.82. The van der Waals surface area contributed by atoms with E-state index in [4.69, 9.17) is 11.6 Å². The topological polar surface area (TPSA) is 0 Å². The van der Waals surface area contributed by atoms with Gasteiger partial charge in [-0.2, -0.15) is 0 Å². The summed E-state index contributed by atoms with van der Waals surface area (Å²) >= 11 is 5.82. The minimum absolute atomic E-state index is 0.231. The highest BCUT2D eigenvalue weighted by Crippen LogP contribution is 2.59. The molecule has 59 heavy (non-hydrogen) atoms. The summed E-state index contributed by atoms with van der Waals surface area (Å²) in [4.78, 5) is 0. The van der Waals surface area contributed by atoms with Crippen LogP contribution in [0.3, 0.4) is 0 Å². The predicted octanol–water partition coefficient (Wildman–Crippen LogP) is 17.2. The molecule has 4 saturated carbocycles. The van der Waals surface area contributed by atoms with Crippen LogP contribution in [0.5, 0.6) is 0 Å². The van der Waals surface area contributed by atoms with Crippen molar-refractivity contribution in [2.75, 3.05) is 0 Å². The second-order valence-electron chi connectivity index (χ2n) is 18.8. The van der Waals surface area contributed by atoms with Gasteiger partial charge in [0.15, 0.2) is 0 Å². The van der Waals surface area contributed by atoms with Gasteiger partial charge in [-0.05, 0) is 143 Å². The molecule has 0 heterocycles. The molecule has 0 saturated heterocycles. The van der Waals surface area contributed by atoms with E-state index in [1.807, 2.05) is 36.4 Å². The van der Waals surface area contributed by atoms with Gasteiger partial charge in [-0.25, -0.2) is 0 Å². The highest BCUT2D eigenvalue weighted by atomic mass is 35.5. The van der Waals surface area contributed by atoms with Crippen LogP contribution in [0, 0.1) is 23.2 Å². The number of aryl methyl sites for hydroxylation is 2. The average molecular weight is 802 g/mol. The molecule has 4 fully saturated rings. The van der Waals surface area contributed by atoms with E-state index in [1.165, 1.54) is 56.5 Å². The smallest absolute Gasteiger partial charge is 0.0437 e. The molecule has 11 rings (SSSR count). The normalized spacial score (nSPS) is 20.5. The first-order valence-corrected chi connectivity index (χ1v) is 23.0. The lowest BCUT2D eigenvalue weighted by Crippen LogP contribution is -2.44. The minimum Gasteiger partial charge on any atom is -0.0840 e. The lowest BCUT2D eigenvalue weighted by Gasteiger charge is -2.55. The highest BCUT2D eigenvalue weighted by molar-refractivity contribution is 6.31. The number of rotatable bonds is 4. The van der Waals surface area contributed by atoms with Crippen LogP contribution in [0.15, 0.2) is 158 Å². The Morgan fingerprint density at radius 3 is 1.36 bits per heavy atom. The Labute approximate surface area is 363 Å². The van der Waals surface area contributed by atoms with Gasteiger partial charge in [-0.1, -0.05) is 212 Å². The zero-order chi connectivity index (χ0) is 41.8. The molecule has 0 nitrogen and oxygen atoms in total. The SMILES string of the molecule is CC(C)(C)c1ccc(-c2ccccc2)cc1.CC12CC3CC(CC(C3)C1)C2.CCC1c2ccccc2-c2ccccc21.CCc1ccccc1.CCc1ccccc1Cl. The minimum atomic E-state index is 0.231. The molecular formula is C58H69Cl. The van der Waals surface area contributed by atoms with Crippen LogP contribution >= 0.6 is 11.6 Å². The van der Waals surface area contributed by atoms with E-state index < -0.39 is 0 Å². The Hall–Kier alpha value is -4.39. The van der Waals surface area contributed by atoms with E-state index in [0.29, 0.717) is 5.92 Å². The fourth-order valence-electron chi connectivity index (χ4n) is 10.5. The first-order valence-electron chi connectivity index (χ1n) is 22.6. The van der Waals surface area contributed by atoms with Crippen molar-refractivity contribution in [2.45, 2.75) is 118 Å². The lowest BCUT2D eigenvalue weighted by atomic mass is 9.50. The number of hydrogen-bond acceptors (Lipinski definition) is 0. The maximum Gasteiger partial charge on any atom is 0.0437 e. The van der Waals surface area contributed by atoms with Crippen molar-refractivity contribution in [2.24, 2.45) is 23.2 Å². The molecule has 6 aromatic carbocycles. The molecule has 4 bridgehead atoms. The molecule has 308 valence electrons. The lowest BCUT2D eigenvalue weighted by molar-refractivity contribution is -0.0411. The monoisotopic (exact) mass is 801 g/mol. The summed E-state index contributed by atoms with van der Waals surface area (Å²) in [6.45, 7) is 15.8. The number of benzene rings is 6. The molecule has 1 heteroatoms. The second-order valence-corrected chi connectivity index (χ2v) is 19.2. The molecule has 0 atom stereocenters. The summed E-state index contributed by atoms with van der Waals surface area (Å²) in [6, 6.07) is 55.3. The van der Waals surface area contributed by atoms with Crippen molar-refractivity contribution in [3.05, 3.63) is 191 Å². The Balaban J connectivity index is 0.000000127. The van der Waals surface area contributed by atoms with Crippen molar-refractivity contribution in [1.82, 2.24) is 0 Å². The van der Waals surface area contributed by atoms with E-state index in [1.54, 1.807) is 38.5 Å². The molecule has 0 spiro atoms. The molecule has 0 radical (unpaired) electrons. The molecule has 0 aliphatic heterocycles. The first-order chi connectivity index (χ1) is 28.5. The Morgan fingerprint density at radius 2 is 0.949 bits per heavy atom. The van der Waals surface area contributed by atoms with Crippen molar-refractivity contribution >= 4 is 11.6 Å². The van der Waals surface area contributed by atoms with Crippen LogP contribution < -0.4 is 0 Å². The summed E-state index contributed by atoms with van der Waals surface area (Å²) in [7, 11) is 0. The Bertz CT molecular complexity index is 2070. The fourth-order valence-corrected chi connectivity index (χ4v) is 10.8. The standard InChI is InChI=1S/C16H18.C15H14.C11H18.C8H9Cl.C8H10/c1-16(2,3)15-11-9-14(10-12-15)13-7-5-4-6-8-13;1-2-11-12-7-3-5-9-14(12)15-10-6-4-8-13(11)15;1-11-5-8-2-9(6-11)4-10(3-8)7-11;1-2-7-5-3-4-6-8(7)9;1-2-8-6-4-3-5-7-8/h4-12H,1-3H3;3-11H,2H2,1H3;8-10H,2-7H2,1H3;3-6H,2H2,1H3;3-7H,2H2,1H3. The van der Waals surface area contributed by atoms with Crippen LogP contribution in [-0.2, 0) is 18.3 Å². The quantitative estimate of drug-likeness (QED) is 0.167. The number of fused-ring (bicyclic) bond motifs is 3. The molecule has 5 aliphatic rings. The van der Waals surface area contributed by atoms with E-state index in [2.05, 4.69) is 170 Å². The molecule has 0 aromatic heterocycles. The summed E-state index contributed by atoms with van der Waals surface area (Å²) in [5.74, 6) is 4.04. The molecule has 0 unspecified atom stereocenters. The van der Waals surface area contributed by atoms with Gasteiger partial charge in [0.25, 0.3) is 0 Å². The van der Waals surface area contributed by atoms with E-state index in [9.17, 15) is 0 Å². The van der Waals surface area contributed by atoms with Crippen LogP contribution in [0.2, 0.25) is 5.02 Å². The number of halogens is 1. The molecular weight excluding hydrogens is 732 g/mol. The second kappa shape index (κ2) is 20.7. The van der Waals surface area contributed by atoms with Gasteiger partial charge in [0.2, 0.25) is 0 Å². The van der Waals surface area contributed by atoms with E-state index >= 15 is 0 Å². The van der Waals surface area contributed by atoms with Gasteiger partial charge in [0.1, 0.15) is 0 Å². The van der Waals surface area contributed by atoms with Crippen LogP contribution in [-0.4, -0.2) is 0 Å².